The summed E-state index contributed by atoms with van der Waals surface area (Å²) >= 11 is 0. The van der Waals surface area contributed by atoms with Crippen molar-refractivity contribution in [2.45, 2.75) is 51.1 Å². The number of hydrogen-bond donors (Lipinski definition) is 3. The third kappa shape index (κ3) is 5.18. The lowest BCUT2D eigenvalue weighted by Crippen LogP contribution is -2.53. The topological polar surface area (TPSA) is 105 Å². The number of alkyl carbamates (subject to hydrolysis) is 1. The van der Waals surface area contributed by atoms with Crippen LogP contribution >= 0.6 is 0 Å². The van der Waals surface area contributed by atoms with Gasteiger partial charge in [-0.1, -0.05) is 62.4 Å². The minimum atomic E-state index is -0.946. The minimum Gasteiger partial charge on any atom is -0.481 e. The molecule has 0 aromatic heterocycles. The molecule has 2 atom stereocenters. The number of rotatable bonds is 9. The Kier molecular flexibility index (Phi) is 6.67. The number of benzene rings is 2. The van der Waals surface area contributed by atoms with Crippen molar-refractivity contribution in [1.82, 2.24) is 10.6 Å². The second kappa shape index (κ2) is 9.65. The number of carboxylic acids is 1. The highest BCUT2D eigenvalue weighted by atomic mass is 16.5. The third-order valence-electron chi connectivity index (χ3n) is 6.48. The van der Waals surface area contributed by atoms with Crippen LogP contribution in [0.2, 0.25) is 0 Å². The van der Waals surface area contributed by atoms with Gasteiger partial charge in [-0.15, -0.1) is 0 Å². The van der Waals surface area contributed by atoms with Crippen LogP contribution in [0, 0.1) is 11.8 Å². The summed E-state index contributed by atoms with van der Waals surface area (Å²) in [5.74, 6) is -1.39. The fourth-order valence-electron chi connectivity index (χ4n) is 4.60. The minimum absolute atomic E-state index is 0.0655. The quantitative estimate of drug-likeness (QED) is 0.537. The van der Waals surface area contributed by atoms with E-state index >= 15 is 0 Å². The number of aliphatic carboxylic acids is 1. The fourth-order valence-corrected chi connectivity index (χ4v) is 4.60. The lowest BCUT2D eigenvalue weighted by molar-refractivity contribution is -0.138. The predicted molar refractivity (Wildman–Crippen MR) is 124 cm³/mol. The normalized spacial score (nSPS) is 16.5. The molecular formula is C26H30N2O5. The number of ether oxygens (including phenoxy) is 1. The molecule has 0 bridgehead atoms. The van der Waals surface area contributed by atoms with E-state index in [9.17, 15) is 14.4 Å². The molecule has 0 heterocycles. The summed E-state index contributed by atoms with van der Waals surface area (Å²) in [6.45, 7) is 3.82. The van der Waals surface area contributed by atoms with Crippen LogP contribution in [0.1, 0.15) is 50.2 Å². The molecule has 7 nitrogen and oxygen atoms in total. The van der Waals surface area contributed by atoms with Gasteiger partial charge in [0.15, 0.2) is 0 Å². The van der Waals surface area contributed by atoms with Crippen LogP contribution in [0.15, 0.2) is 48.5 Å². The Hall–Kier alpha value is -3.35. The van der Waals surface area contributed by atoms with E-state index in [2.05, 4.69) is 22.8 Å². The molecule has 2 aliphatic carbocycles. The molecular weight excluding hydrogens is 420 g/mol. The Morgan fingerprint density at radius 3 is 2.06 bits per heavy atom. The van der Waals surface area contributed by atoms with Crippen molar-refractivity contribution in [1.29, 1.82) is 0 Å². The molecule has 0 saturated heterocycles. The zero-order chi connectivity index (χ0) is 23.5. The van der Waals surface area contributed by atoms with Crippen molar-refractivity contribution in [3.63, 3.8) is 0 Å². The van der Waals surface area contributed by atoms with Gasteiger partial charge >= 0.3 is 12.1 Å². The molecule has 1 fully saturated rings. The monoisotopic (exact) mass is 450 g/mol. The van der Waals surface area contributed by atoms with E-state index < -0.39 is 24.1 Å². The average molecular weight is 451 g/mol. The first kappa shape index (κ1) is 22.8. The average Bonchev–Trinajstić information content (AvgIpc) is 3.58. The largest absolute Gasteiger partial charge is 0.481 e. The lowest BCUT2D eigenvalue weighted by Gasteiger charge is -2.25. The number of nitrogens with one attached hydrogen (secondary N) is 2. The summed E-state index contributed by atoms with van der Waals surface area (Å²) in [6, 6.07) is 15.0. The number of carbonyl (C=O) groups is 3. The van der Waals surface area contributed by atoms with E-state index in [0.717, 1.165) is 35.1 Å². The molecule has 33 heavy (non-hydrogen) atoms. The molecule has 2 aromatic carbocycles. The van der Waals surface area contributed by atoms with Crippen molar-refractivity contribution < 1.29 is 24.2 Å². The number of fused-ring (bicyclic) bond motifs is 3. The Morgan fingerprint density at radius 1 is 0.970 bits per heavy atom. The molecule has 0 aliphatic heterocycles. The fraction of sp³-hybridized carbons (Fsp3) is 0.423. The Balaban J connectivity index is 1.39. The van der Waals surface area contributed by atoms with Crippen LogP contribution in [0.3, 0.4) is 0 Å². The zero-order valence-electron chi connectivity index (χ0n) is 18.9. The maximum atomic E-state index is 12.9. The maximum Gasteiger partial charge on any atom is 0.407 e. The summed E-state index contributed by atoms with van der Waals surface area (Å²) in [4.78, 5) is 36.7. The van der Waals surface area contributed by atoms with Gasteiger partial charge in [-0.2, -0.15) is 0 Å². The molecule has 7 heteroatoms. The first-order valence-electron chi connectivity index (χ1n) is 11.5. The number of amides is 2. The van der Waals surface area contributed by atoms with Crippen LogP contribution in [0.25, 0.3) is 11.1 Å². The summed E-state index contributed by atoms with van der Waals surface area (Å²) in [7, 11) is 0. The second-order valence-electron chi connectivity index (χ2n) is 9.24. The number of hydrogen-bond acceptors (Lipinski definition) is 4. The summed E-state index contributed by atoms with van der Waals surface area (Å²) in [5, 5.41) is 14.7. The van der Waals surface area contributed by atoms with E-state index in [-0.39, 0.29) is 36.7 Å². The van der Waals surface area contributed by atoms with Gasteiger partial charge in [-0.05, 0) is 46.9 Å². The van der Waals surface area contributed by atoms with E-state index in [1.54, 1.807) is 0 Å². The van der Waals surface area contributed by atoms with Crippen molar-refractivity contribution in [3.8, 4) is 11.1 Å². The van der Waals surface area contributed by atoms with E-state index in [1.165, 1.54) is 0 Å². The van der Waals surface area contributed by atoms with Crippen LogP contribution in [-0.4, -0.2) is 41.8 Å². The van der Waals surface area contributed by atoms with Gasteiger partial charge in [-0.3, -0.25) is 9.59 Å². The first-order chi connectivity index (χ1) is 15.8. The highest BCUT2D eigenvalue weighted by Gasteiger charge is 2.36. The van der Waals surface area contributed by atoms with Crippen LogP contribution in [-0.2, 0) is 14.3 Å². The lowest BCUT2D eigenvalue weighted by atomic mass is 9.98. The van der Waals surface area contributed by atoms with Crippen molar-refractivity contribution >= 4 is 18.0 Å². The molecule has 1 unspecified atom stereocenters. The molecule has 1 saturated carbocycles. The molecule has 2 aromatic rings. The van der Waals surface area contributed by atoms with Crippen molar-refractivity contribution in [2.24, 2.45) is 11.8 Å². The molecule has 4 rings (SSSR count). The first-order valence-corrected chi connectivity index (χ1v) is 11.5. The van der Waals surface area contributed by atoms with Gasteiger partial charge in [0.25, 0.3) is 0 Å². The van der Waals surface area contributed by atoms with Crippen LogP contribution in [0.5, 0.6) is 0 Å². The summed E-state index contributed by atoms with van der Waals surface area (Å²) in [6.07, 6.45) is 1.04. The van der Waals surface area contributed by atoms with Gasteiger partial charge in [0.05, 0.1) is 6.42 Å². The maximum absolute atomic E-state index is 12.9. The molecule has 2 amide bonds. The second-order valence-corrected chi connectivity index (χ2v) is 9.24. The number of carbonyl (C=O) groups excluding carboxylic acids is 2. The number of carboxylic acid groups (broad SMARTS) is 1. The summed E-state index contributed by atoms with van der Waals surface area (Å²) < 4.78 is 5.58. The van der Waals surface area contributed by atoms with E-state index in [1.807, 2.05) is 50.2 Å². The van der Waals surface area contributed by atoms with Crippen LogP contribution < -0.4 is 10.6 Å². The smallest absolute Gasteiger partial charge is 0.407 e. The molecule has 174 valence electrons. The van der Waals surface area contributed by atoms with Gasteiger partial charge in [0.1, 0.15) is 12.6 Å². The predicted octanol–water partition coefficient (Wildman–Crippen LogP) is 3.92. The third-order valence-corrected chi connectivity index (χ3v) is 6.48. The van der Waals surface area contributed by atoms with Gasteiger partial charge in [0, 0.05) is 12.0 Å². The molecule has 2 aliphatic rings. The zero-order valence-corrected chi connectivity index (χ0v) is 18.9. The van der Waals surface area contributed by atoms with Crippen molar-refractivity contribution in [3.05, 3.63) is 59.7 Å². The van der Waals surface area contributed by atoms with Crippen molar-refractivity contribution in [2.75, 3.05) is 6.61 Å². The van der Waals surface area contributed by atoms with Gasteiger partial charge in [-0.25, -0.2) is 4.79 Å². The van der Waals surface area contributed by atoms with E-state index in [0.29, 0.717) is 0 Å². The Bertz CT molecular complexity index is 1000. The molecule has 0 radical (unpaired) electrons. The van der Waals surface area contributed by atoms with E-state index in [4.69, 9.17) is 9.84 Å². The van der Waals surface area contributed by atoms with Gasteiger partial charge < -0.3 is 20.5 Å². The van der Waals surface area contributed by atoms with Crippen LogP contribution in [0.4, 0.5) is 4.79 Å². The Morgan fingerprint density at radius 2 is 1.55 bits per heavy atom. The Labute approximate surface area is 193 Å². The highest BCUT2D eigenvalue weighted by Crippen LogP contribution is 2.44. The highest BCUT2D eigenvalue weighted by molar-refractivity contribution is 5.86. The van der Waals surface area contributed by atoms with Gasteiger partial charge in [0.2, 0.25) is 5.91 Å². The molecule has 0 spiro atoms. The summed E-state index contributed by atoms with van der Waals surface area (Å²) in [5.41, 5.74) is 4.52. The SMILES string of the molecule is CC(C)[C@@H](NC(=O)OCC1c2ccccc2-c2ccccc21)C(=O)NC(CC(=O)O)C1CC1. The molecule has 3 N–H and O–H groups in total. The standard InChI is InChI=1S/C26H30N2O5/c1-15(2)24(25(31)27-22(13-23(29)30)16-11-12-16)28-26(32)33-14-21-19-9-5-3-7-17(19)18-8-4-6-10-20(18)21/h3-10,15-16,21-22,24H,11-14H2,1-2H3,(H,27,31)(H,28,32)(H,29,30)/t22?,24-/m1/s1.